The summed E-state index contributed by atoms with van der Waals surface area (Å²) in [6, 6.07) is 14.5. The molecule has 7 nitrogen and oxygen atoms in total. The second-order valence-electron chi connectivity index (χ2n) is 5.64. The Hall–Kier alpha value is -2.42. The van der Waals surface area contributed by atoms with Crippen LogP contribution >= 0.6 is 0 Å². The second-order valence-corrected chi connectivity index (χ2v) is 7.20. The van der Waals surface area contributed by atoms with Gasteiger partial charge in [0, 0.05) is 5.69 Å². The van der Waals surface area contributed by atoms with Crippen molar-refractivity contribution in [1.82, 2.24) is 0 Å². The smallest absolute Gasteiger partial charge is 0.313 e. The van der Waals surface area contributed by atoms with Gasteiger partial charge in [-0.15, -0.1) is 0 Å². The van der Waals surface area contributed by atoms with Crippen LogP contribution < -0.4 is 10.5 Å². The average Bonchev–Trinajstić information content (AvgIpc) is 2.62. The van der Waals surface area contributed by atoms with Crippen LogP contribution in [-0.4, -0.2) is 32.7 Å². The standard InChI is InChI=1S/C18H22N2O5S/c1-2-25-18(22)16(12-21)17(13-6-4-3-5-7-13)20-14-8-10-15(11-9-14)26(19,23)24/h3-11,16-17,20-21H,2,12H2,1H3,(H2,19,23,24). The second kappa shape index (κ2) is 8.79. The van der Waals surface area contributed by atoms with E-state index in [1.165, 1.54) is 12.1 Å². The lowest BCUT2D eigenvalue weighted by atomic mass is 9.93. The number of primary sulfonamides is 1. The summed E-state index contributed by atoms with van der Waals surface area (Å²) in [5.41, 5.74) is 1.36. The Balaban J connectivity index is 2.34. The van der Waals surface area contributed by atoms with Gasteiger partial charge in [-0.1, -0.05) is 30.3 Å². The highest BCUT2D eigenvalue weighted by Gasteiger charge is 2.30. The molecule has 0 saturated carbocycles. The number of carbonyl (C=O) groups is 1. The molecule has 140 valence electrons. The first-order chi connectivity index (χ1) is 12.4. The molecule has 2 aromatic carbocycles. The van der Waals surface area contributed by atoms with Gasteiger partial charge in [-0.3, -0.25) is 4.79 Å². The molecule has 4 N–H and O–H groups in total. The van der Waals surface area contributed by atoms with Crippen molar-refractivity contribution < 1.29 is 23.1 Å². The molecular formula is C18H22N2O5S. The normalized spacial score (nSPS) is 13.7. The number of nitrogens with two attached hydrogens (primary N) is 1. The van der Waals surface area contributed by atoms with Crippen LogP contribution in [0.5, 0.6) is 0 Å². The molecule has 0 amide bonds. The third-order valence-corrected chi connectivity index (χ3v) is 4.78. The summed E-state index contributed by atoms with van der Waals surface area (Å²) in [5.74, 6) is -1.34. The monoisotopic (exact) mass is 378 g/mol. The molecule has 0 aromatic heterocycles. The first kappa shape index (κ1) is 19.9. The zero-order chi connectivity index (χ0) is 19.2. The van der Waals surface area contributed by atoms with Crippen LogP contribution in [0.1, 0.15) is 18.5 Å². The van der Waals surface area contributed by atoms with Gasteiger partial charge in [0.25, 0.3) is 0 Å². The van der Waals surface area contributed by atoms with Gasteiger partial charge in [-0.25, -0.2) is 13.6 Å². The van der Waals surface area contributed by atoms with E-state index in [9.17, 15) is 18.3 Å². The summed E-state index contributed by atoms with van der Waals surface area (Å²) in [6.07, 6.45) is 0. The molecule has 0 aliphatic rings. The number of nitrogens with one attached hydrogen (secondary N) is 1. The van der Waals surface area contributed by atoms with Crippen molar-refractivity contribution in [3.8, 4) is 0 Å². The van der Waals surface area contributed by atoms with E-state index < -0.39 is 34.6 Å². The third-order valence-electron chi connectivity index (χ3n) is 3.85. The van der Waals surface area contributed by atoms with Gasteiger partial charge in [-0.05, 0) is 36.8 Å². The first-order valence-electron chi connectivity index (χ1n) is 8.08. The van der Waals surface area contributed by atoms with Crippen molar-refractivity contribution in [2.45, 2.75) is 17.9 Å². The number of aliphatic hydroxyl groups is 1. The van der Waals surface area contributed by atoms with Crippen LogP contribution in [0.15, 0.2) is 59.5 Å². The van der Waals surface area contributed by atoms with Crippen molar-refractivity contribution in [2.75, 3.05) is 18.5 Å². The number of benzene rings is 2. The van der Waals surface area contributed by atoms with Crippen LogP contribution in [0.2, 0.25) is 0 Å². The Morgan fingerprint density at radius 3 is 2.27 bits per heavy atom. The summed E-state index contributed by atoms with van der Waals surface area (Å²) >= 11 is 0. The Morgan fingerprint density at radius 1 is 1.15 bits per heavy atom. The van der Waals surface area contributed by atoms with E-state index in [1.54, 1.807) is 19.1 Å². The largest absolute Gasteiger partial charge is 0.466 e. The number of hydrogen-bond donors (Lipinski definition) is 3. The lowest BCUT2D eigenvalue weighted by Crippen LogP contribution is -2.32. The predicted octanol–water partition coefficient (Wildman–Crippen LogP) is 1.66. The molecule has 0 radical (unpaired) electrons. The van der Waals surface area contributed by atoms with Gasteiger partial charge in [0.15, 0.2) is 0 Å². The molecule has 2 aromatic rings. The zero-order valence-corrected chi connectivity index (χ0v) is 15.1. The summed E-state index contributed by atoms with van der Waals surface area (Å²) in [5, 5.41) is 18.0. The molecule has 2 atom stereocenters. The number of anilines is 1. The third kappa shape index (κ3) is 5.04. The topological polar surface area (TPSA) is 119 Å². The summed E-state index contributed by atoms with van der Waals surface area (Å²) in [7, 11) is -3.78. The summed E-state index contributed by atoms with van der Waals surface area (Å²) in [4.78, 5) is 12.2. The molecule has 0 aliphatic heterocycles. The van der Waals surface area contributed by atoms with E-state index >= 15 is 0 Å². The minimum atomic E-state index is -3.78. The number of esters is 1. The maximum Gasteiger partial charge on any atom is 0.313 e. The molecule has 2 rings (SSSR count). The SMILES string of the molecule is CCOC(=O)C(CO)C(Nc1ccc(S(N)(=O)=O)cc1)c1ccccc1. The van der Waals surface area contributed by atoms with Gasteiger partial charge < -0.3 is 15.2 Å². The first-order valence-corrected chi connectivity index (χ1v) is 9.63. The van der Waals surface area contributed by atoms with Gasteiger partial charge >= 0.3 is 5.97 Å². The van der Waals surface area contributed by atoms with Crippen LogP contribution in [-0.2, 0) is 19.6 Å². The molecule has 0 bridgehead atoms. The summed E-state index contributed by atoms with van der Waals surface area (Å²) < 4.78 is 27.8. The quantitative estimate of drug-likeness (QED) is 0.601. The minimum Gasteiger partial charge on any atom is -0.466 e. The lowest BCUT2D eigenvalue weighted by Gasteiger charge is -2.26. The molecule has 0 spiro atoms. The van der Waals surface area contributed by atoms with E-state index in [1.807, 2.05) is 30.3 Å². The van der Waals surface area contributed by atoms with Gasteiger partial charge in [0.2, 0.25) is 10.0 Å². The molecule has 2 unspecified atom stereocenters. The predicted molar refractivity (Wildman–Crippen MR) is 97.8 cm³/mol. The fourth-order valence-corrected chi connectivity index (χ4v) is 3.08. The lowest BCUT2D eigenvalue weighted by molar-refractivity contribution is -0.150. The van der Waals surface area contributed by atoms with Crippen LogP contribution in [0.25, 0.3) is 0 Å². The number of hydrogen-bond acceptors (Lipinski definition) is 6. The van der Waals surface area contributed by atoms with E-state index in [0.717, 1.165) is 5.56 Å². The maximum atomic E-state index is 12.2. The molecule has 8 heteroatoms. The van der Waals surface area contributed by atoms with Crippen molar-refractivity contribution in [2.24, 2.45) is 11.1 Å². The van der Waals surface area contributed by atoms with Gasteiger partial charge in [0.1, 0.15) is 5.92 Å². The number of aliphatic hydroxyl groups excluding tert-OH is 1. The van der Waals surface area contributed by atoms with E-state index in [-0.39, 0.29) is 11.5 Å². The number of rotatable bonds is 8. The highest BCUT2D eigenvalue weighted by Crippen LogP contribution is 2.28. The summed E-state index contributed by atoms with van der Waals surface area (Å²) in [6.45, 7) is 1.50. The number of ether oxygens (including phenoxy) is 1. The van der Waals surface area contributed by atoms with Crippen molar-refractivity contribution >= 4 is 21.7 Å². The van der Waals surface area contributed by atoms with E-state index in [0.29, 0.717) is 5.69 Å². The Morgan fingerprint density at radius 2 is 1.77 bits per heavy atom. The Kier molecular flexibility index (Phi) is 6.73. The van der Waals surface area contributed by atoms with Crippen LogP contribution in [0.3, 0.4) is 0 Å². The van der Waals surface area contributed by atoms with Crippen molar-refractivity contribution in [1.29, 1.82) is 0 Å². The van der Waals surface area contributed by atoms with Crippen molar-refractivity contribution in [3.05, 3.63) is 60.2 Å². The number of sulfonamides is 1. The number of carbonyl (C=O) groups excluding carboxylic acids is 1. The Bertz CT molecular complexity index is 822. The Labute approximate surface area is 152 Å². The zero-order valence-electron chi connectivity index (χ0n) is 14.3. The molecule has 0 heterocycles. The molecule has 0 aliphatic carbocycles. The van der Waals surface area contributed by atoms with Crippen molar-refractivity contribution in [3.63, 3.8) is 0 Å². The van der Waals surface area contributed by atoms with Crippen LogP contribution in [0, 0.1) is 5.92 Å². The minimum absolute atomic E-state index is 0.0107. The highest BCUT2D eigenvalue weighted by molar-refractivity contribution is 7.89. The molecular weight excluding hydrogens is 356 g/mol. The fourth-order valence-electron chi connectivity index (χ4n) is 2.56. The van der Waals surface area contributed by atoms with E-state index in [4.69, 9.17) is 9.88 Å². The highest BCUT2D eigenvalue weighted by atomic mass is 32.2. The maximum absolute atomic E-state index is 12.2. The van der Waals surface area contributed by atoms with Gasteiger partial charge in [-0.2, -0.15) is 0 Å². The van der Waals surface area contributed by atoms with E-state index in [2.05, 4.69) is 5.32 Å². The van der Waals surface area contributed by atoms with Gasteiger partial charge in [0.05, 0.1) is 24.2 Å². The van der Waals surface area contributed by atoms with Crippen LogP contribution in [0.4, 0.5) is 5.69 Å². The molecule has 0 saturated heterocycles. The molecule has 26 heavy (non-hydrogen) atoms. The fraction of sp³-hybridized carbons (Fsp3) is 0.278. The average molecular weight is 378 g/mol. The molecule has 0 fully saturated rings.